The first-order valence-electron chi connectivity index (χ1n) is 7.19. The molecule has 2 atom stereocenters. The second-order valence-electron chi connectivity index (χ2n) is 5.40. The Bertz CT molecular complexity index is 613. The molecule has 0 spiro atoms. The van der Waals surface area contributed by atoms with Crippen molar-refractivity contribution in [1.82, 2.24) is 14.7 Å². The van der Waals surface area contributed by atoms with E-state index < -0.39 is 0 Å². The monoisotopic (exact) mass is 302 g/mol. The first kappa shape index (κ1) is 14.0. The molecule has 1 fully saturated rings. The van der Waals surface area contributed by atoms with Crippen LogP contribution in [0.2, 0.25) is 0 Å². The van der Waals surface area contributed by atoms with Gasteiger partial charge >= 0.3 is 6.03 Å². The summed E-state index contributed by atoms with van der Waals surface area (Å²) in [5.41, 5.74) is 0.951. The Labute approximate surface area is 128 Å². The van der Waals surface area contributed by atoms with Gasteiger partial charge < -0.3 is 5.32 Å². The van der Waals surface area contributed by atoms with Crippen LogP contribution in [0.3, 0.4) is 0 Å². The molecule has 1 saturated carbocycles. The van der Waals surface area contributed by atoms with E-state index in [-0.39, 0.29) is 12.1 Å². The summed E-state index contributed by atoms with van der Waals surface area (Å²) in [7, 11) is 0. The SMILES string of the molecule is C[C@@H]1CCC[C@H]1NC(=O)Nc1nc(-c2ccccc2)ns1. The van der Waals surface area contributed by atoms with E-state index in [1.165, 1.54) is 24.4 Å². The van der Waals surface area contributed by atoms with Crippen LogP contribution in [0.1, 0.15) is 26.2 Å². The number of benzene rings is 1. The van der Waals surface area contributed by atoms with E-state index in [1.54, 1.807) is 0 Å². The number of rotatable bonds is 3. The number of carbonyl (C=O) groups is 1. The molecule has 110 valence electrons. The summed E-state index contributed by atoms with van der Waals surface area (Å²) >= 11 is 1.20. The highest BCUT2D eigenvalue weighted by molar-refractivity contribution is 7.10. The summed E-state index contributed by atoms with van der Waals surface area (Å²) in [5, 5.41) is 6.31. The van der Waals surface area contributed by atoms with Gasteiger partial charge in [-0.15, -0.1) is 0 Å². The quantitative estimate of drug-likeness (QED) is 0.911. The van der Waals surface area contributed by atoms with E-state index in [0.717, 1.165) is 12.0 Å². The Balaban J connectivity index is 1.61. The lowest BCUT2D eigenvalue weighted by molar-refractivity contribution is 0.246. The van der Waals surface area contributed by atoms with Crippen molar-refractivity contribution in [2.75, 3.05) is 5.32 Å². The van der Waals surface area contributed by atoms with Gasteiger partial charge in [-0.1, -0.05) is 43.7 Å². The van der Waals surface area contributed by atoms with Crippen molar-refractivity contribution < 1.29 is 4.79 Å². The van der Waals surface area contributed by atoms with Crippen molar-refractivity contribution in [3.8, 4) is 11.4 Å². The van der Waals surface area contributed by atoms with Crippen molar-refractivity contribution in [3.63, 3.8) is 0 Å². The van der Waals surface area contributed by atoms with E-state index in [4.69, 9.17) is 0 Å². The third-order valence-corrected chi connectivity index (χ3v) is 4.49. The molecule has 5 nitrogen and oxygen atoms in total. The summed E-state index contributed by atoms with van der Waals surface area (Å²) in [6, 6.07) is 9.81. The third-order valence-electron chi connectivity index (χ3n) is 3.86. The van der Waals surface area contributed by atoms with E-state index in [1.807, 2.05) is 30.3 Å². The molecule has 6 heteroatoms. The average Bonchev–Trinajstić information content (AvgIpc) is 3.10. The first-order valence-corrected chi connectivity index (χ1v) is 7.96. The van der Waals surface area contributed by atoms with E-state index in [9.17, 15) is 4.79 Å². The Morgan fingerprint density at radius 1 is 1.29 bits per heavy atom. The number of hydrogen-bond donors (Lipinski definition) is 2. The zero-order valence-electron chi connectivity index (χ0n) is 11.9. The summed E-state index contributed by atoms with van der Waals surface area (Å²) in [6.07, 6.45) is 3.42. The fraction of sp³-hybridized carbons (Fsp3) is 0.400. The number of nitrogens with zero attached hydrogens (tertiary/aromatic N) is 2. The van der Waals surface area contributed by atoms with Gasteiger partial charge in [-0.25, -0.2) is 4.79 Å². The number of amides is 2. The molecule has 2 aromatic rings. The van der Waals surface area contributed by atoms with Gasteiger partial charge in [0, 0.05) is 23.1 Å². The minimum absolute atomic E-state index is 0.190. The second-order valence-corrected chi connectivity index (χ2v) is 6.15. The predicted octanol–water partition coefficient (Wildman–Crippen LogP) is 3.52. The van der Waals surface area contributed by atoms with Crippen molar-refractivity contribution in [1.29, 1.82) is 0 Å². The maximum atomic E-state index is 12.0. The fourth-order valence-electron chi connectivity index (χ4n) is 2.64. The second kappa shape index (κ2) is 6.22. The highest BCUT2D eigenvalue weighted by atomic mass is 32.1. The van der Waals surface area contributed by atoms with Crippen LogP contribution >= 0.6 is 11.5 Å². The van der Waals surface area contributed by atoms with Crippen molar-refractivity contribution in [2.45, 2.75) is 32.2 Å². The summed E-state index contributed by atoms with van der Waals surface area (Å²) < 4.78 is 4.27. The van der Waals surface area contributed by atoms with Crippen LogP contribution in [-0.2, 0) is 0 Å². The Hall–Kier alpha value is -1.95. The third kappa shape index (κ3) is 3.39. The normalized spacial score (nSPS) is 21.2. The maximum absolute atomic E-state index is 12.0. The van der Waals surface area contributed by atoms with Crippen LogP contribution in [0, 0.1) is 5.92 Å². The molecule has 2 N–H and O–H groups in total. The first-order chi connectivity index (χ1) is 10.2. The van der Waals surface area contributed by atoms with Gasteiger partial charge in [-0.05, 0) is 18.8 Å². The lowest BCUT2D eigenvalue weighted by Crippen LogP contribution is -2.39. The van der Waals surface area contributed by atoms with Crippen molar-refractivity contribution >= 4 is 22.7 Å². The molecule has 3 rings (SSSR count). The van der Waals surface area contributed by atoms with Gasteiger partial charge in [0.15, 0.2) is 5.82 Å². The molecule has 1 aromatic carbocycles. The molecule has 1 aliphatic rings. The molecule has 1 heterocycles. The van der Waals surface area contributed by atoms with Gasteiger partial charge in [0.25, 0.3) is 0 Å². The molecule has 0 saturated heterocycles. The van der Waals surface area contributed by atoms with Gasteiger partial charge in [-0.2, -0.15) is 9.36 Å². The van der Waals surface area contributed by atoms with E-state index >= 15 is 0 Å². The molecule has 0 aliphatic heterocycles. The Morgan fingerprint density at radius 3 is 2.81 bits per heavy atom. The van der Waals surface area contributed by atoms with Crippen LogP contribution in [0.15, 0.2) is 30.3 Å². The van der Waals surface area contributed by atoms with Crippen LogP contribution in [-0.4, -0.2) is 21.4 Å². The number of nitrogens with one attached hydrogen (secondary N) is 2. The number of aromatic nitrogens is 2. The van der Waals surface area contributed by atoms with Gasteiger partial charge in [0.1, 0.15) is 0 Å². The largest absolute Gasteiger partial charge is 0.335 e. The molecular weight excluding hydrogens is 284 g/mol. The topological polar surface area (TPSA) is 66.9 Å². The number of hydrogen-bond acceptors (Lipinski definition) is 4. The standard InChI is InChI=1S/C15H18N4OS/c1-10-6-5-9-12(10)16-14(20)18-15-17-13(19-21-15)11-7-3-2-4-8-11/h2-4,7-8,10,12H,5-6,9H2,1H3,(H2,16,17,18,19,20)/t10-,12-/m1/s1. The van der Waals surface area contributed by atoms with Gasteiger partial charge in [-0.3, -0.25) is 5.32 Å². The number of carbonyl (C=O) groups excluding carboxylic acids is 1. The molecule has 21 heavy (non-hydrogen) atoms. The molecule has 0 bridgehead atoms. The van der Waals surface area contributed by atoms with Gasteiger partial charge in [0.05, 0.1) is 0 Å². The molecule has 1 aromatic heterocycles. The molecule has 0 radical (unpaired) electrons. The van der Waals surface area contributed by atoms with Crippen molar-refractivity contribution in [3.05, 3.63) is 30.3 Å². The number of urea groups is 1. The Kier molecular flexibility index (Phi) is 4.15. The summed E-state index contributed by atoms with van der Waals surface area (Å²) in [6.45, 7) is 2.18. The highest BCUT2D eigenvalue weighted by Gasteiger charge is 2.25. The minimum atomic E-state index is -0.190. The predicted molar refractivity (Wildman–Crippen MR) is 84.3 cm³/mol. The fourth-order valence-corrected chi connectivity index (χ4v) is 3.22. The van der Waals surface area contributed by atoms with Crippen LogP contribution < -0.4 is 10.6 Å². The van der Waals surface area contributed by atoms with Gasteiger partial charge in [0.2, 0.25) is 5.13 Å². The molecule has 1 aliphatic carbocycles. The molecule has 2 amide bonds. The molecule has 0 unspecified atom stereocenters. The number of anilines is 1. The zero-order chi connectivity index (χ0) is 14.7. The highest BCUT2D eigenvalue weighted by Crippen LogP contribution is 2.25. The summed E-state index contributed by atoms with van der Waals surface area (Å²) in [5.74, 6) is 1.19. The van der Waals surface area contributed by atoms with Crippen molar-refractivity contribution in [2.24, 2.45) is 5.92 Å². The van der Waals surface area contributed by atoms with E-state index in [0.29, 0.717) is 16.9 Å². The van der Waals surface area contributed by atoms with Crippen LogP contribution in [0.25, 0.3) is 11.4 Å². The maximum Gasteiger partial charge on any atom is 0.321 e. The average molecular weight is 302 g/mol. The minimum Gasteiger partial charge on any atom is -0.335 e. The Morgan fingerprint density at radius 2 is 2.10 bits per heavy atom. The van der Waals surface area contributed by atoms with Crippen LogP contribution in [0.5, 0.6) is 0 Å². The lowest BCUT2D eigenvalue weighted by Gasteiger charge is -2.16. The molecular formula is C15H18N4OS. The van der Waals surface area contributed by atoms with E-state index in [2.05, 4.69) is 26.9 Å². The lowest BCUT2D eigenvalue weighted by atomic mass is 10.1. The smallest absolute Gasteiger partial charge is 0.321 e. The zero-order valence-corrected chi connectivity index (χ0v) is 12.7. The van der Waals surface area contributed by atoms with Crippen LogP contribution in [0.4, 0.5) is 9.93 Å². The summed E-state index contributed by atoms with van der Waals surface area (Å²) in [4.78, 5) is 16.3.